The molecule has 0 bridgehead atoms. The van der Waals surface area contributed by atoms with Crippen molar-refractivity contribution in [2.45, 2.75) is 93.3 Å². The van der Waals surface area contributed by atoms with E-state index in [1.54, 1.807) is 32.6 Å². The van der Waals surface area contributed by atoms with Crippen molar-refractivity contribution in [3.8, 4) is 16.9 Å². The lowest BCUT2D eigenvalue weighted by Gasteiger charge is -2.34. The molecule has 3 aromatic carbocycles. The Morgan fingerprint density at radius 2 is 1.69 bits per heavy atom. The molecule has 61 heavy (non-hydrogen) atoms. The van der Waals surface area contributed by atoms with Gasteiger partial charge in [-0.05, 0) is 116 Å². The van der Waals surface area contributed by atoms with Gasteiger partial charge < -0.3 is 33.6 Å². The van der Waals surface area contributed by atoms with Crippen LogP contribution in [-0.2, 0) is 29.5 Å². The molecule has 3 aromatic heterocycles. The number of rotatable bonds is 12. The average Bonchev–Trinajstić information content (AvgIpc) is 3.79. The number of amides is 2. The van der Waals surface area contributed by atoms with Gasteiger partial charge in [0.15, 0.2) is 5.69 Å². The number of carbonyl (C=O) groups excluding carboxylic acids is 3. The fraction of sp³-hybridized carbons (Fsp3) is 0.404. The molecule has 0 radical (unpaired) electrons. The van der Waals surface area contributed by atoms with Gasteiger partial charge >= 0.3 is 12.1 Å². The Morgan fingerprint density at radius 3 is 2.34 bits per heavy atom. The van der Waals surface area contributed by atoms with E-state index in [0.717, 1.165) is 66.4 Å². The van der Waals surface area contributed by atoms with Crippen LogP contribution in [0.3, 0.4) is 0 Å². The van der Waals surface area contributed by atoms with Crippen molar-refractivity contribution in [1.82, 2.24) is 24.2 Å². The maximum Gasteiger partial charge on any atom is 0.407 e. The molecule has 7 rings (SSSR count). The number of hydrogen-bond donors (Lipinski definition) is 1. The highest BCUT2D eigenvalue weighted by atomic mass is 35.5. The van der Waals surface area contributed by atoms with E-state index in [0.29, 0.717) is 41.2 Å². The van der Waals surface area contributed by atoms with Gasteiger partial charge in [-0.3, -0.25) is 9.48 Å². The molecule has 6 aromatic rings. The van der Waals surface area contributed by atoms with Crippen molar-refractivity contribution < 1.29 is 28.6 Å². The molecule has 322 valence electrons. The molecule has 0 fully saturated rings. The second kappa shape index (κ2) is 17.1. The fourth-order valence-electron chi connectivity index (χ4n) is 8.70. The highest BCUT2D eigenvalue weighted by molar-refractivity contribution is 6.35. The van der Waals surface area contributed by atoms with Crippen LogP contribution >= 0.6 is 23.2 Å². The van der Waals surface area contributed by atoms with Crippen molar-refractivity contribution in [3.05, 3.63) is 98.0 Å². The van der Waals surface area contributed by atoms with Gasteiger partial charge in [-0.2, -0.15) is 5.10 Å². The summed E-state index contributed by atoms with van der Waals surface area (Å²) in [6, 6.07) is 15.1. The largest absolute Gasteiger partial charge is 0.494 e. The summed E-state index contributed by atoms with van der Waals surface area (Å²) in [6.45, 7) is 18.3. The molecule has 1 aliphatic heterocycles. The summed E-state index contributed by atoms with van der Waals surface area (Å²) < 4.78 is 23.2. The van der Waals surface area contributed by atoms with Crippen molar-refractivity contribution >= 4 is 68.7 Å². The fourth-order valence-corrected chi connectivity index (χ4v) is 9.06. The van der Waals surface area contributed by atoms with Gasteiger partial charge in [0.05, 0.1) is 40.7 Å². The summed E-state index contributed by atoms with van der Waals surface area (Å²) in [6.07, 6.45) is 0.559. The Labute approximate surface area is 366 Å². The van der Waals surface area contributed by atoms with Gasteiger partial charge in [-0.1, -0.05) is 47.5 Å². The molecule has 0 aliphatic carbocycles. The van der Waals surface area contributed by atoms with Gasteiger partial charge in [0, 0.05) is 65.3 Å². The Morgan fingerprint density at radius 1 is 0.984 bits per heavy atom. The average molecular weight is 870 g/mol. The molecule has 1 atom stereocenters. The van der Waals surface area contributed by atoms with Crippen LogP contribution in [0.5, 0.6) is 5.75 Å². The van der Waals surface area contributed by atoms with Crippen molar-refractivity contribution in [2.24, 2.45) is 7.05 Å². The number of fused-ring (bicyclic) bond motifs is 4. The van der Waals surface area contributed by atoms with Crippen LogP contribution in [0.15, 0.2) is 48.5 Å². The number of hydrogen-bond acceptors (Lipinski definition) is 7. The predicted molar refractivity (Wildman–Crippen MR) is 242 cm³/mol. The lowest BCUT2D eigenvalue weighted by atomic mass is 9.98. The molecule has 0 saturated carbocycles. The first kappa shape index (κ1) is 43.6. The van der Waals surface area contributed by atoms with Gasteiger partial charge in [0.25, 0.3) is 5.91 Å². The highest BCUT2D eigenvalue weighted by Gasteiger charge is 2.40. The number of carbonyl (C=O) groups is 3. The lowest BCUT2D eigenvalue weighted by Crippen LogP contribution is -2.43. The molecular weight excluding hydrogens is 815 g/mol. The SMILES string of the molecule is CCOC(=O)c1c(N2C[C@@H](C)n3c(c(CCCOc4cc(C)c(Cl)c(C)c4)c4ccc(Cl)c(-c5c(C)nn(C)c5C)c43)C2=O)c2ccccc2n1CCNC(=O)OC(C)(C)C. The number of benzene rings is 3. The van der Waals surface area contributed by atoms with Gasteiger partial charge in [-0.15, -0.1) is 0 Å². The molecule has 0 saturated heterocycles. The van der Waals surface area contributed by atoms with E-state index >= 15 is 4.79 Å². The van der Waals surface area contributed by atoms with Crippen molar-refractivity contribution in [1.29, 1.82) is 0 Å². The molecule has 14 heteroatoms. The third-order valence-corrected chi connectivity index (χ3v) is 12.2. The molecule has 1 N–H and O–H groups in total. The number of esters is 1. The normalized spacial score (nSPS) is 14.2. The number of alkyl carbamates (subject to hydrolysis) is 1. The van der Waals surface area contributed by atoms with Crippen molar-refractivity contribution in [3.63, 3.8) is 0 Å². The number of halogens is 2. The van der Waals surface area contributed by atoms with E-state index in [2.05, 4.69) is 16.8 Å². The minimum Gasteiger partial charge on any atom is -0.494 e. The number of aromatic nitrogens is 4. The van der Waals surface area contributed by atoms with Crippen LogP contribution in [-0.4, -0.2) is 68.8 Å². The van der Waals surface area contributed by atoms with Crippen LogP contribution in [0.4, 0.5) is 10.5 Å². The summed E-state index contributed by atoms with van der Waals surface area (Å²) in [5, 5.41) is 10.5. The second-order valence-electron chi connectivity index (χ2n) is 16.8. The minimum absolute atomic E-state index is 0.132. The summed E-state index contributed by atoms with van der Waals surface area (Å²) >= 11 is 13.6. The van der Waals surface area contributed by atoms with E-state index in [4.69, 9.17) is 42.5 Å². The summed E-state index contributed by atoms with van der Waals surface area (Å²) in [7, 11) is 1.91. The standard InChI is InChI=1S/C47H54Cl2N6O6/c1-11-59-45(57)43-41(34-15-12-13-17-36(34)53(43)21-20-50-46(58)61-47(7,8)9)54-25-28(4)55-40-33(18-19-35(48)38(40)37-29(5)51-52(10)30(37)6)32(42(55)44(54)56)16-14-22-60-31-23-26(2)39(49)27(3)24-31/h12-13,15,17-19,23-24,28H,11,14,16,20-22,25H2,1-10H3,(H,50,58)/t28-/m1/s1. The highest BCUT2D eigenvalue weighted by Crippen LogP contribution is 2.46. The first-order valence-corrected chi connectivity index (χ1v) is 21.5. The Hall–Kier alpha value is -5.46. The number of nitrogens with zero attached hydrogens (tertiary/aromatic N) is 5. The summed E-state index contributed by atoms with van der Waals surface area (Å²) in [5.74, 6) is -0.0878. The smallest absolute Gasteiger partial charge is 0.407 e. The Kier molecular flexibility index (Phi) is 12.2. The van der Waals surface area contributed by atoms with Gasteiger partial charge in [-0.25, -0.2) is 9.59 Å². The van der Waals surface area contributed by atoms with Gasteiger partial charge in [0.1, 0.15) is 17.0 Å². The van der Waals surface area contributed by atoms with E-state index in [1.165, 1.54) is 0 Å². The second-order valence-corrected chi connectivity index (χ2v) is 17.6. The first-order chi connectivity index (χ1) is 28.9. The molecule has 2 amide bonds. The quantitative estimate of drug-likeness (QED) is 0.0960. The topological polar surface area (TPSA) is 122 Å². The maximum absolute atomic E-state index is 15.6. The number of ether oxygens (including phenoxy) is 3. The van der Waals surface area contributed by atoms with E-state index < -0.39 is 17.7 Å². The molecule has 1 aliphatic rings. The third kappa shape index (κ3) is 8.20. The molecule has 0 unspecified atom stereocenters. The summed E-state index contributed by atoms with van der Waals surface area (Å²) in [4.78, 5) is 44.1. The van der Waals surface area contributed by atoms with Crippen LogP contribution in [0.25, 0.3) is 32.9 Å². The number of anilines is 1. The predicted octanol–water partition coefficient (Wildman–Crippen LogP) is 10.5. The molecule has 0 spiro atoms. The lowest BCUT2D eigenvalue weighted by molar-refractivity contribution is 0.0515. The first-order valence-electron chi connectivity index (χ1n) is 20.8. The number of nitrogens with one attached hydrogen (secondary N) is 1. The zero-order valence-corrected chi connectivity index (χ0v) is 38.1. The van der Waals surface area contributed by atoms with Crippen LogP contribution in [0, 0.1) is 27.7 Å². The molecule has 4 heterocycles. The molecule has 12 nitrogen and oxygen atoms in total. The van der Waals surface area contributed by atoms with E-state index in [9.17, 15) is 9.59 Å². The Balaban J connectivity index is 1.37. The van der Waals surface area contributed by atoms with E-state index in [-0.39, 0.29) is 43.9 Å². The third-order valence-electron chi connectivity index (χ3n) is 11.3. The molecular formula is C47H54Cl2N6O6. The van der Waals surface area contributed by atoms with E-state index in [1.807, 2.05) is 92.5 Å². The van der Waals surface area contributed by atoms with Crippen LogP contribution < -0.4 is 15.0 Å². The number of para-hydroxylation sites is 1. The Bertz CT molecular complexity index is 2680. The van der Waals surface area contributed by atoms with Crippen LogP contribution in [0.2, 0.25) is 10.0 Å². The van der Waals surface area contributed by atoms with Gasteiger partial charge in [0.2, 0.25) is 0 Å². The van der Waals surface area contributed by atoms with Crippen molar-refractivity contribution in [2.75, 3.05) is 31.2 Å². The minimum atomic E-state index is -0.677. The maximum atomic E-state index is 15.6. The summed E-state index contributed by atoms with van der Waals surface area (Å²) in [5.41, 5.74) is 8.41. The monoisotopic (exact) mass is 868 g/mol. The number of aryl methyl sites for hydroxylation is 5. The zero-order valence-electron chi connectivity index (χ0n) is 36.6. The zero-order chi connectivity index (χ0) is 44.1. The van der Waals surface area contributed by atoms with Crippen LogP contribution in [0.1, 0.15) is 96.1 Å².